The summed E-state index contributed by atoms with van der Waals surface area (Å²) in [4.78, 5) is 0. The second-order valence-corrected chi connectivity index (χ2v) is 5.46. The maximum absolute atomic E-state index is 10.9. The molecule has 1 fully saturated rings. The zero-order valence-corrected chi connectivity index (χ0v) is 6.67. The Morgan fingerprint density at radius 2 is 2.00 bits per heavy atom. The molecule has 0 N–H and O–H groups in total. The first kappa shape index (κ1) is 7.41. The van der Waals surface area contributed by atoms with Gasteiger partial charge in [-0.1, -0.05) is 19.0 Å². The van der Waals surface area contributed by atoms with Gasteiger partial charge in [0.2, 0.25) is 0 Å². The van der Waals surface area contributed by atoms with Crippen molar-refractivity contribution in [2.45, 2.75) is 23.8 Å². The highest BCUT2D eigenvalue weighted by Gasteiger charge is 2.25. The maximum atomic E-state index is 10.9. The summed E-state index contributed by atoms with van der Waals surface area (Å²) >= 11 is 4.74. The first-order valence-electron chi connectivity index (χ1n) is 3.00. The van der Waals surface area contributed by atoms with Gasteiger partial charge in [0.15, 0.2) is 9.84 Å². The number of hydrogen-bond donors (Lipinski definition) is 0. The van der Waals surface area contributed by atoms with Gasteiger partial charge in [-0.05, 0) is 12.8 Å². The van der Waals surface area contributed by atoms with Crippen LogP contribution in [0.25, 0.3) is 0 Å². The molecule has 1 aliphatic heterocycles. The molecule has 53 valence electrons. The molecule has 0 aliphatic carbocycles. The minimum absolute atomic E-state index is 0.307. The zero-order chi connectivity index (χ0) is 6.91. The minimum Gasteiger partial charge on any atom is -0.228 e. The first-order chi connectivity index (χ1) is 4.13. The van der Waals surface area contributed by atoms with Crippen LogP contribution in [0.5, 0.6) is 0 Å². The Morgan fingerprint density at radius 1 is 1.33 bits per heavy atom. The number of sulfone groups is 1. The van der Waals surface area contributed by atoms with Crippen LogP contribution in [-0.4, -0.2) is 18.8 Å². The van der Waals surface area contributed by atoms with Crippen LogP contribution in [0.4, 0.5) is 0 Å². The van der Waals surface area contributed by atoms with Crippen molar-refractivity contribution in [1.29, 1.82) is 0 Å². The Balaban J connectivity index is 2.72. The Morgan fingerprint density at radius 3 is 2.33 bits per heavy atom. The van der Waals surface area contributed by atoms with Crippen molar-refractivity contribution in [2.24, 2.45) is 0 Å². The van der Waals surface area contributed by atoms with Gasteiger partial charge in [0, 0.05) is 0 Å². The summed E-state index contributed by atoms with van der Waals surface area (Å²) in [7, 11) is -2.85. The minimum atomic E-state index is -2.85. The lowest BCUT2D eigenvalue weighted by Crippen LogP contribution is -2.23. The van der Waals surface area contributed by atoms with Gasteiger partial charge in [-0.3, -0.25) is 0 Å². The van der Waals surface area contributed by atoms with Crippen molar-refractivity contribution in [3.05, 3.63) is 0 Å². The lowest BCUT2D eigenvalue weighted by molar-refractivity contribution is 0.569. The SMILES string of the molecule is O=S1(=O)CCCCC1[S]. The predicted octanol–water partition coefficient (Wildman–Crippen LogP) is 1.11. The molecular weight excluding hydrogens is 156 g/mol. The summed E-state index contributed by atoms with van der Waals surface area (Å²) in [5, 5.41) is 0. The summed E-state index contributed by atoms with van der Waals surface area (Å²) in [5.74, 6) is 0.307. The fourth-order valence-electron chi connectivity index (χ4n) is 0.925. The van der Waals surface area contributed by atoms with E-state index in [0.717, 1.165) is 12.8 Å². The summed E-state index contributed by atoms with van der Waals surface area (Å²) < 4.78 is 21.3. The molecule has 0 spiro atoms. The van der Waals surface area contributed by atoms with Gasteiger partial charge >= 0.3 is 0 Å². The largest absolute Gasteiger partial charge is 0.228 e. The zero-order valence-electron chi connectivity index (χ0n) is 5.04. The molecule has 1 radical (unpaired) electrons. The molecule has 9 heavy (non-hydrogen) atoms. The van der Waals surface area contributed by atoms with Crippen molar-refractivity contribution in [3.8, 4) is 0 Å². The molecule has 1 saturated heterocycles. The standard InChI is InChI=1S/C5H9O2S2/c6-9(7)4-2-1-3-5(9)8/h5H,1-4H2. The monoisotopic (exact) mass is 165 g/mol. The van der Waals surface area contributed by atoms with E-state index in [2.05, 4.69) is 0 Å². The molecule has 1 atom stereocenters. The van der Waals surface area contributed by atoms with Crippen LogP contribution >= 0.6 is 12.6 Å². The molecule has 2 nitrogen and oxygen atoms in total. The average Bonchev–Trinajstić information content (AvgIpc) is 1.77. The quantitative estimate of drug-likeness (QED) is 0.539. The molecule has 1 aliphatic rings. The van der Waals surface area contributed by atoms with Crippen molar-refractivity contribution in [2.75, 3.05) is 5.75 Å². The molecule has 0 bridgehead atoms. The number of hydrogen-bond acceptors (Lipinski definition) is 2. The lowest BCUT2D eigenvalue weighted by Gasteiger charge is -2.15. The van der Waals surface area contributed by atoms with E-state index in [1.165, 1.54) is 0 Å². The molecule has 1 rings (SSSR count). The Hall–Kier alpha value is 0.300. The molecule has 0 saturated carbocycles. The third-order valence-electron chi connectivity index (χ3n) is 1.52. The average molecular weight is 165 g/mol. The van der Waals surface area contributed by atoms with E-state index in [9.17, 15) is 8.42 Å². The van der Waals surface area contributed by atoms with E-state index in [4.69, 9.17) is 12.6 Å². The lowest BCUT2D eigenvalue weighted by atomic mass is 10.3. The summed E-state index contributed by atoms with van der Waals surface area (Å²) in [5.41, 5.74) is 0. The van der Waals surface area contributed by atoms with E-state index >= 15 is 0 Å². The second-order valence-electron chi connectivity index (χ2n) is 2.29. The van der Waals surface area contributed by atoms with Crippen LogP contribution < -0.4 is 0 Å². The fraction of sp³-hybridized carbons (Fsp3) is 1.00. The highest BCUT2D eigenvalue weighted by atomic mass is 32.2. The molecule has 0 aromatic heterocycles. The van der Waals surface area contributed by atoms with Crippen molar-refractivity contribution < 1.29 is 8.42 Å². The van der Waals surface area contributed by atoms with E-state index in [0.29, 0.717) is 12.2 Å². The van der Waals surface area contributed by atoms with Gasteiger partial charge in [-0.15, -0.1) is 0 Å². The third kappa shape index (κ3) is 1.61. The van der Waals surface area contributed by atoms with Crippen LogP contribution in [0.1, 0.15) is 19.3 Å². The van der Waals surface area contributed by atoms with Crippen LogP contribution in [0.3, 0.4) is 0 Å². The first-order valence-corrected chi connectivity index (χ1v) is 5.19. The van der Waals surface area contributed by atoms with Crippen molar-refractivity contribution in [1.82, 2.24) is 0 Å². The molecule has 0 aromatic carbocycles. The van der Waals surface area contributed by atoms with Gasteiger partial charge in [0.1, 0.15) is 4.58 Å². The van der Waals surface area contributed by atoms with Crippen molar-refractivity contribution in [3.63, 3.8) is 0 Å². The summed E-state index contributed by atoms with van der Waals surface area (Å²) in [6.45, 7) is 0. The van der Waals surface area contributed by atoms with Crippen LogP contribution in [0.15, 0.2) is 0 Å². The highest BCUT2D eigenvalue weighted by molar-refractivity contribution is 8.04. The van der Waals surface area contributed by atoms with Crippen molar-refractivity contribution >= 4 is 22.5 Å². The topological polar surface area (TPSA) is 34.1 Å². The Labute approximate surface area is 61.0 Å². The summed E-state index contributed by atoms with van der Waals surface area (Å²) in [6, 6.07) is 0. The fourth-order valence-corrected chi connectivity index (χ4v) is 2.78. The van der Waals surface area contributed by atoms with E-state index in [1.54, 1.807) is 0 Å². The summed E-state index contributed by atoms with van der Waals surface area (Å²) in [6.07, 6.45) is 2.46. The molecule has 0 amide bonds. The Kier molecular flexibility index (Phi) is 2.06. The molecule has 1 heterocycles. The van der Waals surface area contributed by atoms with Gasteiger partial charge in [-0.25, -0.2) is 8.42 Å². The van der Waals surface area contributed by atoms with Gasteiger partial charge in [-0.2, -0.15) is 0 Å². The smallest absolute Gasteiger partial charge is 0.163 e. The van der Waals surface area contributed by atoms with E-state index in [-0.39, 0.29) is 0 Å². The van der Waals surface area contributed by atoms with Gasteiger partial charge in [0.25, 0.3) is 0 Å². The predicted molar refractivity (Wildman–Crippen MR) is 39.0 cm³/mol. The van der Waals surface area contributed by atoms with Crippen LogP contribution in [0, 0.1) is 0 Å². The Bertz CT molecular complexity index is 183. The van der Waals surface area contributed by atoms with Crippen LogP contribution in [-0.2, 0) is 9.84 Å². The molecule has 1 unspecified atom stereocenters. The highest BCUT2D eigenvalue weighted by Crippen LogP contribution is 2.21. The second kappa shape index (κ2) is 2.50. The van der Waals surface area contributed by atoms with E-state index < -0.39 is 14.4 Å². The van der Waals surface area contributed by atoms with Gasteiger partial charge in [0.05, 0.1) is 5.75 Å². The normalized spacial score (nSPS) is 34.1. The number of rotatable bonds is 0. The molecule has 4 heteroatoms. The van der Waals surface area contributed by atoms with E-state index in [1.807, 2.05) is 0 Å². The molecular formula is C5H9O2S2. The maximum Gasteiger partial charge on any atom is 0.163 e. The van der Waals surface area contributed by atoms with Gasteiger partial charge < -0.3 is 0 Å². The third-order valence-corrected chi connectivity index (χ3v) is 4.53. The molecule has 0 aromatic rings. The van der Waals surface area contributed by atoms with Crippen LogP contribution in [0.2, 0.25) is 0 Å².